The van der Waals surface area contributed by atoms with E-state index in [1.807, 2.05) is 30.3 Å². The number of nitrogens with one attached hydrogen (secondary N) is 3. The predicted octanol–water partition coefficient (Wildman–Crippen LogP) is 2.69. The van der Waals surface area contributed by atoms with E-state index in [1.165, 1.54) is 17.9 Å². The molecule has 1 unspecified atom stereocenters. The summed E-state index contributed by atoms with van der Waals surface area (Å²) in [6.45, 7) is 3.58. The van der Waals surface area contributed by atoms with Crippen molar-refractivity contribution in [3.05, 3.63) is 97.3 Å². The Labute approximate surface area is 171 Å². The summed E-state index contributed by atoms with van der Waals surface area (Å²) in [5, 5.41) is 18.6. The Bertz CT molecular complexity index is 1310. The lowest BCUT2D eigenvalue weighted by molar-refractivity contribution is 0.373. The van der Waals surface area contributed by atoms with Crippen molar-refractivity contribution >= 4 is 0 Å². The SMILES string of the molecule is COc1cc(C(c2c(C)[nH][nH]c2=O)c2c(C)[nH]n(-c3ccccc3)c2=O)ccc1O. The maximum absolute atomic E-state index is 13.5. The van der Waals surface area contributed by atoms with Gasteiger partial charge in [0.15, 0.2) is 11.5 Å². The van der Waals surface area contributed by atoms with E-state index in [2.05, 4.69) is 15.3 Å². The van der Waals surface area contributed by atoms with E-state index in [9.17, 15) is 14.7 Å². The molecule has 8 nitrogen and oxygen atoms in total. The monoisotopic (exact) mass is 406 g/mol. The molecule has 0 bridgehead atoms. The fourth-order valence-electron chi connectivity index (χ4n) is 3.81. The van der Waals surface area contributed by atoms with E-state index in [-0.39, 0.29) is 22.6 Å². The molecule has 2 heterocycles. The lowest BCUT2D eigenvalue weighted by atomic mass is 9.85. The standard InChI is InChI=1S/C22H22N4O4/c1-12-18(21(28)24-23-12)20(14-9-10-16(27)17(11-14)30-3)19-13(2)25-26(22(19)29)15-7-5-4-6-8-15/h4-11,20,25,27H,1-3H3,(H2,23,24,28). The van der Waals surface area contributed by atoms with Gasteiger partial charge in [-0.3, -0.25) is 19.8 Å². The molecule has 0 fully saturated rings. The third kappa shape index (κ3) is 3.12. The van der Waals surface area contributed by atoms with E-state index in [1.54, 1.807) is 26.0 Å². The molecule has 4 rings (SSSR count). The number of rotatable bonds is 5. The molecule has 4 N–H and O–H groups in total. The van der Waals surface area contributed by atoms with Crippen molar-refractivity contribution in [2.45, 2.75) is 19.8 Å². The molecule has 0 saturated carbocycles. The molecule has 1 atom stereocenters. The van der Waals surface area contributed by atoms with Crippen molar-refractivity contribution < 1.29 is 9.84 Å². The molecule has 8 heteroatoms. The number of nitrogens with zero attached hydrogens (tertiary/aromatic N) is 1. The Morgan fingerprint density at radius 2 is 1.70 bits per heavy atom. The van der Waals surface area contributed by atoms with Crippen molar-refractivity contribution in [2.24, 2.45) is 0 Å². The van der Waals surface area contributed by atoms with Gasteiger partial charge in [-0.1, -0.05) is 24.3 Å². The van der Waals surface area contributed by atoms with Gasteiger partial charge in [0, 0.05) is 17.3 Å². The van der Waals surface area contributed by atoms with Crippen LogP contribution in [0.4, 0.5) is 0 Å². The van der Waals surface area contributed by atoms with Crippen LogP contribution in [0.3, 0.4) is 0 Å². The molecule has 0 amide bonds. The number of phenols is 1. The summed E-state index contributed by atoms with van der Waals surface area (Å²) in [4.78, 5) is 26.1. The van der Waals surface area contributed by atoms with Crippen LogP contribution >= 0.6 is 0 Å². The van der Waals surface area contributed by atoms with E-state index in [4.69, 9.17) is 4.74 Å². The second-order valence-corrected chi connectivity index (χ2v) is 7.11. The number of hydrogen-bond acceptors (Lipinski definition) is 4. The van der Waals surface area contributed by atoms with Gasteiger partial charge < -0.3 is 14.9 Å². The third-order valence-electron chi connectivity index (χ3n) is 5.26. The molecule has 0 aliphatic carbocycles. The quantitative estimate of drug-likeness (QED) is 0.408. The van der Waals surface area contributed by atoms with E-state index in [0.717, 1.165) is 0 Å². The molecule has 2 aromatic heterocycles. The zero-order valence-corrected chi connectivity index (χ0v) is 16.8. The van der Waals surface area contributed by atoms with Gasteiger partial charge in [-0.2, -0.15) is 0 Å². The molecule has 0 aliphatic heterocycles. The molecular formula is C22H22N4O4. The molecule has 30 heavy (non-hydrogen) atoms. The van der Waals surface area contributed by atoms with Crippen molar-refractivity contribution in [3.8, 4) is 17.2 Å². The molecule has 0 saturated heterocycles. The average molecular weight is 406 g/mol. The number of aryl methyl sites for hydroxylation is 2. The fourth-order valence-corrected chi connectivity index (χ4v) is 3.81. The minimum atomic E-state index is -0.664. The molecule has 2 aromatic carbocycles. The molecule has 154 valence electrons. The second-order valence-electron chi connectivity index (χ2n) is 7.11. The summed E-state index contributed by atoms with van der Waals surface area (Å²) in [7, 11) is 1.45. The summed E-state index contributed by atoms with van der Waals surface area (Å²) in [5.74, 6) is -0.422. The molecule has 0 spiro atoms. The van der Waals surface area contributed by atoms with Gasteiger partial charge in [-0.05, 0) is 43.7 Å². The maximum Gasteiger partial charge on any atom is 0.275 e. The first-order chi connectivity index (χ1) is 14.4. The van der Waals surface area contributed by atoms with Gasteiger partial charge in [0.25, 0.3) is 11.1 Å². The number of para-hydroxylation sites is 1. The predicted molar refractivity (Wildman–Crippen MR) is 113 cm³/mol. The Hall–Kier alpha value is -3.94. The average Bonchev–Trinajstić information content (AvgIpc) is 3.23. The molecular weight excluding hydrogens is 384 g/mol. The third-order valence-corrected chi connectivity index (χ3v) is 5.26. The molecule has 4 aromatic rings. The summed E-state index contributed by atoms with van der Waals surface area (Å²) < 4.78 is 6.71. The van der Waals surface area contributed by atoms with E-state index < -0.39 is 5.92 Å². The minimum absolute atomic E-state index is 0.0211. The second kappa shape index (κ2) is 7.47. The minimum Gasteiger partial charge on any atom is -0.504 e. The highest BCUT2D eigenvalue weighted by atomic mass is 16.5. The topological polar surface area (TPSA) is 116 Å². The Kier molecular flexibility index (Phi) is 4.83. The van der Waals surface area contributed by atoms with Crippen LogP contribution in [0.25, 0.3) is 5.69 Å². The number of benzene rings is 2. The van der Waals surface area contributed by atoms with Crippen LogP contribution in [0.1, 0.15) is 34.0 Å². The number of phenolic OH excluding ortho intramolecular Hbond substituents is 1. The number of methoxy groups -OCH3 is 1. The fraction of sp³-hybridized carbons (Fsp3) is 0.182. The highest BCUT2D eigenvalue weighted by molar-refractivity contribution is 5.51. The van der Waals surface area contributed by atoms with Crippen molar-refractivity contribution in [1.29, 1.82) is 0 Å². The summed E-state index contributed by atoms with van der Waals surface area (Å²) in [6, 6.07) is 14.1. The number of H-pyrrole nitrogens is 3. The molecule has 0 aliphatic rings. The Balaban J connectivity index is 2.00. The normalized spacial score (nSPS) is 12.1. The van der Waals surface area contributed by atoms with Gasteiger partial charge >= 0.3 is 0 Å². The number of aromatic nitrogens is 4. The lowest BCUT2D eigenvalue weighted by Crippen LogP contribution is -2.23. The van der Waals surface area contributed by atoms with Crippen LogP contribution in [0, 0.1) is 13.8 Å². The highest BCUT2D eigenvalue weighted by Crippen LogP contribution is 2.36. The van der Waals surface area contributed by atoms with Crippen LogP contribution in [0.2, 0.25) is 0 Å². The largest absolute Gasteiger partial charge is 0.504 e. The van der Waals surface area contributed by atoms with Gasteiger partial charge in [-0.25, -0.2) is 4.68 Å². The van der Waals surface area contributed by atoms with E-state index >= 15 is 0 Å². The number of ether oxygens (including phenoxy) is 1. The first kappa shape index (κ1) is 19.4. The van der Waals surface area contributed by atoms with Gasteiger partial charge in [0.05, 0.1) is 23.9 Å². The first-order valence-electron chi connectivity index (χ1n) is 9.43. The Morgan fingerprint density at radius 3 is 2.33 bits per heavy atom. The number of hydrogen-bond donors (Lipinski definition) is 4. The smallest absolute Gasteiger partial charge is 0.275 e. The van der Waals surface area contributed by atoms with Crippen molar-refractivity contribution in [2.75, 3.05) is 7.11 Å². The maximum atomic E-state index is 13.5. The number of aromatic hydroxyl groups is 1. The van der Waals surface area contributed by atoms with Crippen LogP contribution in [-0.4, -0.2) is 32.2 Å². The first-order valence-corrected chi connectivity index (χ1v) is 9.43. The van der Waals surface area contributed by atoms with Crippen molar-refractivity contribution in [3.63, 3.8) is 0 Å². The van der Waals surface area contributed by atoms with Gasteiger partial charge in [-0.15, -0.1) is 0 Å². The van der Waals surface area contributed by atoms with Crippen LogP contribution < -0.4 is 15.9 Å². The van der Waals surface area contributed by atoms with Gasteiger partial charge in [0.2, 0.25) is 0 Å². The van der Waals surface area contributed by atoms with Crippen LogP contribution in [0.5, 0.6) is 11.5 Å². The summed E-state index contributed by atoms with van der Waals surface area (Å²) >= 11 is 0. The lowest BCUT2D eigenvalue weighted by Gasteiger charge is -2.17. The number of aromatic amines is 3. The van der Waals surface area contributed by atoms with Crippen LogP contribution in [0.15, 0.2) is 58.1 Å². The Morgan fingerprint density at radius 1 is 0.967 bits per heavy atom. The van der Waals surface area contributed by atoms with Gasteiger partial charge in [0.1, 0.15) is 0 Å². The van der Waals surface area contributed by atoms with E-state index in [0.29, 0.717) is 33.8 Å². The van der Waals surface area contributed by atoms with Crippen LogP contribution in [-0.2, 0) is 0 Å². The zero-order chi connectivity index (χ0) is 21.4. The molecule has 0 radical (unpaired) electrons. The summed E-state index contributed by atoms with van der Waals surface area (Å²) in [6.07, 6.45) is 0. The summed E-state index contributed by atoms with van der Waals surface area (Å²) in [5.41, 5.74) is 2.92. The zero-order valence-electron chi connectivity index (χ0n) is 16.8. The van der Waals surface area contributed by atoms with Crippen molar-refractivity contribution in [1.82, 2.24) is 20.0 Å². The highest BCUT2D eigenvalue weighted by Gasteiger charge is 2.30.